The molecule has 0 aliphatic heterocycles. The summed E-state index contributed by atoms with van der Waals surface area (Å²) in [5, 5.41) is 2.33. The number of thioether (sulfide) groups is 1. The number of amides is 2. The highest BCUT2D eigenvalue weighted by molar-refractivity contribution is 8.00. The lowest BCUT2D eigenvalue weighted by Gasteiger charge is -2.32. The first kappa shape index (κ1) is 22.8. The summed E-state index contributed by atoms with van der Waals surface area (Å²) in [6.07, 6.45) is 0. The van der Waals surface area contributed by atoms with Crippen LogP contribution in [0.5, 0.6) is 0 Å². The molecule has 0 heterocycles. The first-order valence-electron chi connectivity index (χ1n) is 6.89. The normalized spacial score (nSPS) is 12.4. The number of hydrogen-bond donors (Lipinski definition) is 1. The topological polar surface area (TPSA) is 58.6 Å². The Morgan fingerprint density at radius 2 is 1.92 bits per heavy atom. The molecular weight excluding hydrogens is 453 g/mol. The third-order valence-corrected chi connectivity index (χ3v) is 5.92. The van der Waals surface area contributed by atoms with Crippen LogP contribution in [0.25, 0.3) is 0 Å². The predicted molar refractivity (Wildman–Crippen MR) is 106 cm³/mol. The SMILES string of the molecule is CCOC(=O)CSC(N(C)C(=O)Nc1ccc(Cl)c(Cl)c1)C(Cl)(Cl)Cl. The number of carbonyl (C=O) groups excluding carboxylic acids is 2. The molecular formula is C14H15Cl5N2O3S. The van der Waals surface area contributed by atoms with Crippen molar-refractivity contribution in [1.29, 1.82) is 0 Å². The molecule has 1 aromatic carbocycles. The molecule has 11 heteroatoms. The minimum absolute atomic E-state index is 0.0726. The minimum atomic E-state index is -1.82. The van der Waals surface area contributed by atoms with Crippen LogP contribution in [-0.4, -0.2) is 45.5 Å². The van der Waals surface area contributed by atoms with Crippen LogP contribution in [0.2, 0.25) is 10.0 Å². The summed E-state index contributed by atoms with van der Waals surface area (Å²) in [6.45, 7) is 1.93. The number of nitrogens with zero attached hydrogens (tertiary/aromatic N) is 1. The van der Waals surface area contributed by atoms with Gasteiger partial charge in [-0.3, -0.25) is 4.79 Å². The fourth-order valence-corrected chi connectivity index (χ4v) is 3.86. The van der Waals surface area contributed by atoms with E-state index in [1.807, 2.05) is 0 Å². The number of rotatable bonds is 6. The quantitative estimate of drug-likeness (QED) is 0.343. The lowest BCUT2D eigenvalue weighted by atomic mass is 10.3. The van der Waals surface area contributed by atoms with Crippen LogP contribution in [0.15, 0.2) is 18.2 Å². The molecule has 5 nitrogen and oxygen atoms in total. The second-order valence-corrected chi connectivity index (χ2v) is 8.93. The number of urea groups is 1. The van der Waals surface area contributed by atoms with Crippen LogP contribution in [0.3, 0.4) is 0 Å². The molecule has 0 aliphatic carbocycles. The molecule has 0 aromatic heterocycles. The average molecular weight is 469 g/mol. The maximum Gasteiger partial charge on any atom is 0.322 e. The van der Waals surface area contributed by atoms with Crippen molar-refractivity contribution in [2.24, 2.45) is 0 Å². The van der Waals surface area contributed by atoms with Crippen molar-refractivity contribution in [1.82, 2.24) is 4.90 Å². The molecule has 0 aliphatic rings. The van der Waals surface area contributed by atoms with E-state index in [9.17, 15) is 9.59 Å². The Balaban J connectivity index is 2.81. The number of benzene rings is 1. The summed E-state index contributed by atoms with van der Waals surface area (Å²) < 4.78 is 3.01. The van der Waals surface area contributed by atoms with Crippen LogP contribution in [0, 0.1) is 0 Å². The summed E-state index contributed by atoms with van der Waals surface area (Å²) in [5.41, 5.74) is 0.421. The van der Waals surface area contributed by atoms with E-state index in [0.717, 1.165) is 11.8 Å². The largest absolute Gasteiger partial charge is 0.465 e. The van der Waals surface area contributed by atoms with Gasteiger partial charge in [-0.2, -0.15) is 0 Å². The van der Waals surface area contributed by atoms with Gasteiger partial charge in [0.2, 0.25) is 3.79 Å². The minimum Gasteiger partial charge on any atom is -0.465 e. The number of nitrogens with one attached hydrogen (secondary N) is 1. The van der Waals surface area contributed by atoms with Gasteiger partial charge in [-0.15, -0.1) is 11.8 Å². The van der Waals surface area contributed by atoms with Gasteiger partial charge >= 0.3 is 12.0 Å². The Labute approximate surface area is 175 Å². The Kier molecular flexibility index (Phi) is 9.29. The van der Waals surface area contributed by atoms with Crippen molar-refractivity contribution in [2.45, 2.75) is 16.1 Å². The summed E-state index contributed by atoms with van der Waals surface area (Å²) >= 11 is 30.6. The number of anilines is 1. The van der Waals surface area contributed by atoms with Crippen LogP contribution in [-0.2, 0) is 9.53 Å². The Morgan fingerprint density at radius 3 is 2.44 bits per heavy atom. The van der Waals surface area contributed by atoms with E-state index in [1.165, 1.54) is 18.0 Å². The Hall–Kier alpha value is -0.240. The van der Waals surface area contributed by atoms with Gasteiger partial charge in [0.15, 0.2) is 0 Å². The molecule has 0 saturated carbocycles. The summed E-state index contributed by atoms with van der Waals surface area (Å²) in [5.74, 6) is -0.540. The molecule has 1 N–H and O–H groups in total. The standard InChI is InChI=1S/C14H15Cl5N2O3S/c1-3-24-11(22)7-25-12(14(17,18)19)21(2)13(23)20-8-4-5-9(15)10(16)6-8/h4-6,12H,3,7H2,1-2H3,(H,20,23). The van der Waals surface area contributed by atoms with E-state index >= 15 is 0 Å². The summed E-state index contributed by atoms with van der Waals surface area (Å²) in [6, 6.07) is 4.06. The molecule has 0 radical (unpaired) electrons. The van der Waals surface area contributed by atoms with Gasteiger partial charge in [-0.1, -0.05) is 58.0 Å². The first-order chi connectivity index (χ1) is 11.6. The maximum absolute atomic E-state index is 12.4. The van der Waals surface area contributed by atoms with Gasteiger partial charge in [0.25, 0.3) is 0 Å². The monoisotopic (exact) mass is 466 g/mol. The number of hydrogen-bond acceptors (Lipinski definition) is 4. The molecule has 0 saturated heterocycles. The molecule has 1 atom stereocenters. The number of carbonyl (C=O) groups is 2. The lowest BCUT2D eigenvalue weighted by molar-refractivity contribution is -0.139. The highest BCUT2D eigenvalue weighted by Gasteiger charge is 2.39. The molecule has 0 bridgehead atoms. The zero-order chi connectivity index (χ0) is 19.2. The molecule has 1 aromatic rings. The second-order valence-electron chi connectivity index (χ2n) is 4.68. The number of ether oxygens (including phenoxy) is 1. The third-order valence-electron chi connectivity index (χ3n) is 2.79. The maximum atomic E-state index is 12.4. The Morgan fingerprint density at radius 1 is 1.28 bits per heavy atom. The van der Waals surface area contributed by atoms with Crippen LogP contribution >= 0.6 is 69.8 Å². The molecule has 140 valence electrons. The highest BCUT2D eigenvalue weighted by atomic mass is 35.6. The van der Waals surface area contributed by atoms with E-state index in [4.69, 9.17) is 62.7 Å². The highest BCUT2D eigenvalue weighted by Crippen LogP contribution is 2.39. The van der Waals surface area contributed by atoms with Gasteiger partial charge in [0.05, 0.1) is 22.4 Å². The van der Waals surface area contributed by atoms with Crippen molar-refractivity contribution < 1.29 is 14.3 Å². The van der Waals surface area contributed by atoms with Gasteiger partial charge < -0.3 is 15.0 Å². The van der Waals surface area contributed by atoms with Gasteiger partial charge in [0.1, 0.15) is 5.37 Å². The lowest BCUT2D eigenvalue weighted by Crippen LogP contribution is -2.45. The molecule has 1 unspecified atom stereocenters. The molecule has 25 heavy (non-hydrogen) atoms. The van der Waals surface area contributed by atoms with Crippen LogP contribution in [0.4, 0.5) is 10.5 Å². The third kappa shape index (κ3) is 7.49. The molecule has 0 spiro atoms. The smallest absolute Gasteiger partial charge is 0.322 e. The number of esters is 1. The van der Waals surface area contributed by atoms with Crippen LogP contribution < -0.4 is 5.32 Å². The van der Waals surface area contributed by atoms with E-state index in [-0.39, 0.29) is 17.4 Å². The summed E-state index contributed by atoms with van der Waals surface area (Å²) in [4.78, 5) is 25.1. The zero-order valence-electron chi connectivity index (χ0n) is 13.2. The average Bonchev–Trinajstić information content (AvgIpc) is 2.49. The van der Waals surface area contributed by atoms with Crippen molar-refractivity contribution in [2.75, 3.05) is 24.7 Å². The van der Waals surface area contributed by atoms with E-state index in [0.29, 0.717) is 10.7 Å². The van der Waals surface area contributed by atoms with Crippen LogP contribution in [0.1, 0.15) is 6.92 Å². The summed E-state index contributed by atoms with van der Waals surface area (Å²) in [7, 11) is 1.44. The first-order valence-corrected chi connectivity index (χ1v) is 9.83. The van der Waals surface area contributed by atoms with E-state index in [1.54, 1.807) is 19.1 Å². The molecule has 2 amide bonds. The fraction of sp³-hybridized carbons (Fsp3) is 0.429. The predicted octanol–water partition coefficient (Wildman–Crippen LogP) is 5.45. The fourth-order valence-electron chi connectivity index (χ4n) is 1.67. The van der Waals surface area contributed by atoms with Gasteiger partial charge in [-0.05, 0) is 25.1 Å². The molecule has 0 fully saturated rings. The molecule has 1 rings (SSSR count). The van der Waals surface area contributed by atoms with Crippen molar-refractivity contribution in [3.63, 3.8) is 0 Å². The zero-order valence-corrected chi connectivity index (χ0v) is 17.8. The van der Waals surface area contributed by atoms with E-state index < -0.39 is 21.2 Å². The van der Waals surface area contributed by atoms with E-state index in [2.05, 4.69) is 5.32 Å². The van der Waals surface area contributed by atoms with Crippen molar-refractivity contribution >= 4 is 87.5 Å². The van der Waals surface area contributed by atoms with Gasteiger partial charge in [0, 0.05) is 12.7 Å². The van der Waals surface area contributed by atoms with Gasteiger partial charge in [-0.25, -0.2) is 4.79 Å². The van der Waals surface area contributed by atoms with Crippen molar-refractivity contribution in [3.05, 3.63) is 28.2 Å². The number of alkyl halides is 3. The number of halogens is 5. The second kappa shape index (κ2) is 10.2. The Bertz CT molecular complexity index is 627. The van der Waals surface area contributed by atoms with Crippen molar-refractivity contribution in [3.8, 4) is 0 Å².